The van der Waals surface area contributed by atoms with E-state index in [-0.39, 0.29) is 12.5 Å². The van der Waals surface area contributed by atoms with Gasteiger partial charge in [0.25, 0.3) is 0 Å². The molecule has 0 unspecified atom stereocenters. The zero-order chi connectivity index (χ0) is 20.8. The Morgan fingerprint density at radius 3 is 2.66 bits per heavy atom. The van der Waals surface area contributed by atoms with E-state index in [0.717, 1.165) is 6.42 Å². The molecule has 0 aliphatic rings. The number of benzene rings is 2. The van der Waals surface area contributed by atoms with Crippen LogP contribution in [0.3, 0.4) is 0 Å². The molecule has 0 aliphatic carbocycles. The van der Waals surface area contributed by atoms with Crippen molar-refractivity contribution in [3.8, 4) is 11.5 Å². The molecule has 3 rings (SSSR count). The lowest BCUT2D eigenvalue weighted by molar-refractivity contribution is -0.126. The summed E-state index contributed by atoms with van der Waals surface area (Å²) in [6.45, 7) is 2.72. The number of nitrogens with zero attached hydrogens (tertiary/aromatic N) is 3. The van der Waals surface area contributed by atoms with Gasteiger partial charge in [0.2, 0.25) is 17.7 Å². The fourth-order valence-electron chi connectivity index (χ4n) is 2.67. The summed E-state index contributed by atoms with van der Waals surface area (Å²) in [6.07, 6.45) is 3.88. The van der Waals surface area contributed by atoms with Crippen LogP contribution in [0.15, 0.2) is 53.0 Å². The summed E-state index contributed by atoms with van der Waals surface area (Å²) in [5.74, 6) is 0.451. The predicted molar refractivity (Wildman–Crippen MR) is 116 cm³/mol. The molecular formula is C21H18Cl3N3O2. The van der Waals surface area contributed by atoms with E-state index in [1.54, 1.807) is 41.3 Å². The first-order chi connectivity index (χ1) is 14.0. The van der Waals surface area contributed by atoms with Crippen molar-refractivity contribution in [3.63, 3.8) is 0 Å². The Morgan fingerprint density at radius 2 is 1.90 bits per heavy atom. The van der Waals surface area contributed by atoms with E-state index in [1.807, 2.05) is 19.1 Å². The van der Waals surface area contributed by atoms with E-state index in [2.05, 4.69) is 10.2 Å². The maximum absolute atomic E-state index is 12.7. The normalized spacial score (nSPS) is 11.2. The molecule has 0 fully saturated rings. The molecule has 0 saturated heterocycles. The van der Waals surface area contributed by atoms with Gasteiger partial charge < -0.3 is 9.32 Å². The maximum atomic E-state index is 12.7. The lowest BCUT2D eigenvalue weighted by Gasteiger charge is -2.18. The average molecular weight is 451 g/mol. The van der Waals surface area contributed by atoms with Crippen LogP contribution in [0.25, 0.3) is 17.5 Å². The van der Waals surface area contributed by atoms with Crippen molar-refractivity contribution in [1.82, 2.24) is 15.1 Å². The van der Waals surface area contributed by atoms with Crippen LogP contribution in [0.1, 0.15) is 24.8 Å². The van der Waals surface area contributed by atoms with Gasteiger partial charge >= 0.3 is 0 Å². The Bertz CT molecular complexity index is 1030. The minimum absolute atomic E-state index is 0.192. The summed E-state index contributed by atoms with van der Waals surface area (Å²) in [5, 5.41) is 9.68. The third-order valence-corrected chi connectivity index (χ3v) is 4.97. The van der Waals surface area contributed by atoms with Crippen LogP contribution in [0.4, 0.5) is 0 Å². The molecule has 3 aromatic rings. The van der Waals surface area contributed by atoms with Crippen LogP contribution in [-0.4, -0.2) is 27.5 Å². The average Bonchev–Trinajstić information content (AvgIpc) is 3.17. The third kappa shape index (κ3) is 5.60. The van der Waals surface area contributed by atoms with Crippen LogP contribution in [0.5, 0.6) is 0 Å². The second-order valence-corrected chi connectivity index (χ2v) is 7.49. The van der Waals surface area contributed by atoms with Crippen molar-refractivity contribution in [2.24, 2.45) is 0 Å². The first-order valence-corrected chi connectivity index (χ1v) is 10.1. The molecular weight excluding hydrogens is 433 g/mol. The SMILES string of the molecule is CCCN(Cc1nnc(-c2ccccc2Cl)o1)C(=O)/C=C/c1cc(Cl)ccc1Cl. The minimum Gasteiger partial charge on any atom is -0.419 e. The number of halogens is 3. The summed E-state index contributed by atoms with van der Waals surface area (Å²) >= 11 is 18.3. The topological polar surface area (TPSA) is 59.2 Å². The van der Waals surface area contributed by atoms with E-state index >= 15 is 0 Å². The monoisotopic (exact) mass is 449 g/mol. The van der Waals surface area contributed by atoms with Crippen molar-refractivity contribution in [3.05, 3.63) is 75.1 Å². The quantitative estimate of drug-likeness (QED) is 0.405. The number of amides is 1. The van der Waals surface area contributed by atoms with E-state index in [9.17, 15) is 4.79 Å². The number of hydrogen-bond acceptors (Lipinski definition) is 4. The van der Waals surface area contributed by atoms with Crippen molar-refractivity contribution < 1.29 is 9.21 Å². The predicted octanol–water partition coefficient (Wildman–Crippen LogP) is 6.15. The van der Waals surface area contributed by atoms with Crippen LogP contribution < -0.4 is 0 Å². The number of rotatable bonds is 7. The summed E-state index contributed by atoms with van der Waals surface area (Å²) in [4.78, 5) is 14.3. The van der Waals surface area contributed by atoms with Crippen molar-refractivity contribution >= 4 is 46.8 Å². The number of carbonyl (C=O) groups excluding carboxylic acids is 1. The molecule has 5 nitrogen and oxygen atoms in total. The van der Waals surface area contributed by atoms with Crippen molar-refractivity contribution in [1.29, 1.82) is 0 Å². The van der Waals surface area contributed by atoms with Gasteiger partial charge in [-0.05, 0) is 48.4 Å². The fourth-order valence-corrected chi connectivity index (χ4v) is 3.25. The highest BCUT2D eigenvalue weighted by Crippen LogP contribution is 2.26. The molecule has 0 N–H and O–H groups in total. The molecule has 0 bridgehead atoms. The van der Waals surface area contributed by atoms with E-state index in [1.165, 1.54) is 6.08 Å². The van der Waals surface area contributed by atoms with E-state index in [4.69, 9.17) is 39.2 Å². The first-order valence-electron chi connectivity index (χ1n) is 8.97. The highest BCUT2D eigenvalue weighted by atomic mass is 35.5. The Kier molecular flexibility index (Phi) is 7.31. The van der Waals surface area contributed by atoms with Crippen LogP contribution in [-0.2, 0) is 11.3 Å². The third-order valence-electron chi connectivity index (χ3n) is 4.07. The zero-order valence-electron chi connectivity index (χ0n) is 15.6. The van der Waals surface area contributed by atoms with Crippen LogP contribution >= 0.6 is 34.8 Å². The lowest BCUT2D eigenvalue weighted by Crippen LogP contribution is -2.29. The van der Waals surface area contributed by atoms with E-state index in [0.29, 0.717) is 44.5 Å². The molecule has 0 saturated carbocycles. The van der Waals surface area contributed by atoms with Crippen LogP contribution in [0, 0.1) is 0 Å². The zero-order valence-corrected chi connectivity index (χ0v) is 17.9. The molecule has 1 heterocycles. The lowest BCUT2D eigenvalue weighted by atomic mass is 10.2. The van der Waals surface area contributed by atoms with Gasteiger partial charge in [-0.15, -0.1) is 10.2 Å². The summed E-state index contributed by atoms with van der Waals surface area (Å²) in [6, 6.07) is 12.3. The maximum Gasteiger partial charge on any atom is 0.249 e. The van der Waals surface area contributed by atoms with Gasteiger partial charge in [-0.3, -0.25) is 4.79 Å². The van der Waals surface area contributed by atoms with Gasteiger partial charge in [-0.1, -0.05) is 53.9 Å². The molecule has 0 aliphatic heterocycles. The number of carbonyl (C=O) groups is 1. The molecule has 150 valence electrons. The highest BCUT2D eigenvalue weighted by Gasteiger charge is 2.17. The molecule has 0 spiro atoms. The second kappa shape index (κ2) is 9.92. The molecule has 2 aromatic carbocycles. The van der Waals surface area contributed by atoms with Crippen LogP contribution in [0.2, 0.25) is 15.1 Å². The second-order valence-electron chi connectivity index (χ2n) is 6.24. The smallest absolute Gasteiger partial charge is 0.249 e. The van der Waals surface area contributed by atoms with Crippen molar-refractivity contribution in [2.75, 3.05) is 6.54 Å². The van der Waals surface area contributed by atoms with Gasteiger partial charge in [0.05, 0.1) is 17.1 Å². The number of hydrogen-bond donors (Lipinski definition) is 0. The first kappa shape index (κ1) is 21.4. The Balaban J connectivity index is 1.75. The molecule has 1 aromatic heterocycles. The highest BCUT2D eigenvalue weighted by molar-refractivity contribution is 6.34. The number of aromatic nitrogens is 2. The Morgan fingerprint density at radius 1 is 1.10 bits per heavy atom. The fraction of sp³-hybridized carbons (Fsp3) is 0.190. The largest absolute Gasteiger partial charge is 0.419 e. The molecule has 29 heavy (non-hydrogen) atoms. The standard InChI is InChI=1S/C21H18Cl3N3O2/c1-2-11-27(20(28)10-7-14-12-15(22)8-9-17(14)23)13-19-25-26-21(29-19)16-5-3-4-6-18(16)24/h3-10,12H,2,11,13H2,1H3/b10-7+. The summed E-state index contributed by atoms with van der Waals surface area (Å²) < 4.78 is 5.71. The van der Waals surface area contributed by atoms with E-state index < -0.39 is 0 Å². The summed E-state index contributed by atoms with van der Waals surface area (Å²) in [5.41, 5.74) is 1.32. The Hall–Kier alpha value is -2.34. The van der Waals surface area contributed by atoms with Crippen molar-refractivity contribution in [2.45, 2.75) is 19.9 Å². The van der Waals surface area contributed by atoms with Gasteiger partial charge in [0.1, 0.15) is 0 Å². The Labute approximate surface area is 183 Å². The van der Waals surface area contributed by atoms with Gasteiger partial charge in [-0.25, -0.2) is 0 Å². The minimum atomic E-state index is -0.194. The molecule has 0 radical (unpaired) electrons. The van der Waals surface area contributed by atoms with Gasteiger partial charge in [0, 0.05) is 22.7 Å². The molecule has 8 heteroatoms. The van der Waals surface area contributed by atoms with Gasteiger partial charge in [0.15, 0.2) is 0 Å². The molecule has 0 atom stereocenters. The molecule has 1 amide bonds. The van der Waals surface area contributed by atoms with Gasteiger partial charge in [-0.2, -0.15) is 0 Å². The summed E-state index contributed by atoms with van der Waals surface area (Å²) in [7, 11) is 0.